The Morgan fingerprint density at radius 1 is 1.22 bits per heavy atom. The molecule has 3 heterocycles. The van der Waals surface area contributed by atoms with Crippen molar-refractivity contribution in [3.05, 3.63) is 77.4 Å². The van der Waals surface area contributed by atoms with Crippen molar-refractivity contribution >= 4 is 11.7 Å². The number of carbonyl (C=O) groups is 1. The number of hydrogen-bond donors (Lipinski definition) is 1. The minimum Gasteiger partial charge on any atom is -0.484 e. The zero-order valence-corrected chi connectivity index (χ0v) is 18.1. The van der Waals surface area contributed by atoms with E-state index in [9.17, 15) is 4.79 Å². The number of pyridine rings is 1. The highest BCUT2D eigenvalue weighted by Gasteiger charge is 2.17. The second-order valence-electron chi connectivity index (χ2n) is 8.04. The standard InChI is InChI=1S/C25H26N4O3/c1-18-10-12-29(13-11-18)24-9-6-19(15-27-24)16-28-25(30)23-8-7-21(32-23)17-31-22-5-3-2-4-20(22)14-26/h2-9,15,18H,10-13,16-17H2,1H3,(H,28,30). The third-order valence-corrected chi connectivity index (χ3v) is 5.63. The first-order valence-corrected chi connectivity index (χ1v) is 10.8. The molecule has 4 rings (SSSR count). The molecule has 0 bridgehead atoms. The molecule has 0 spiro atoms. The average molecular weight is 431 g/mol. The quantitative estimate of drug-likeness (QED) is 0.601. The third kappa shape index (κ3) is 5.27. The van der Waals surface area contributed by atoms with Crippen molar-refractivity contribution in [1.82, 2.24) is 10.3 Å². The normalized spacial score (nSPS) is 14.1. The van der Waals surface area contributed by atoms with E-state index in [2.05, 4.69) is 28.2 Å². The first-order chi connectivity index (χ1) is 15.6. The van der Waals surface area contributed by atoms with Crippen LogP contribution in [0.25, 0.3) is 0 Å². The van der Waals surface area contributed by atoms with Gasteiger partial charge in [0.25, 0.3) is 5.91 Å². The Bertz CT molecular complexity index is 1090. The predicted molar refractivity (Wildman–Crippen MR) is 120 cm³/mol. The van der Waals surface area contributed by atoms with Gasteiger partial charge in [-0.15, -0.1) is 0 Å². The maximum atomic E-state index is 12.4. The molecule has 1 aromatic carbocycles. The number of nitrogens with zero attached hydrogens (tertiary/aromatic N) is 3. The Morgan fingerprint density at radius 2 is 2.03 bits per heavy atom. The summed E-state index contributed by atoms with van der Waals surface area (Å²) in [6.45, 7) is 4.87. The molecule has 0 unspecified atom stereocenters. The minimum absolute atomic E-state index is 0.132. The van der Waals surface area contributed by atoms with Gasteiger partial charge in [0.05, 0.1) is 5.56 Å². The molecule has 1 fully saturated rings. The molecule has 1 saturated heterocycles. The van der Waals surface area contributed by atoms with Crippen molar-refractivity contribution < 1.29 is 13.9 Å². The SMILES string of the molecule is CC1CCN(c2ccc(CNC(=O)c3ccc(COc4ccccc4C#N)o3)cn2)CC1. The number of carbonyl (C=O) groups excluding carboxylic acids is 1. The smallest absolute Gasteiger partial charge is 0.287 e. The van der Waals surface area contributed by atoms with E-state index in [1.54, 1.807) is 36.4 Å². The lowest BCUT2D eigenvalue weighted by atomic mass is 9.99. The van der Waals surface area contributed by atoms with Crippen molar-refractivity contribution in [2.45, 2.75) is 32.9 Å². The van der Waals surface area contributed by atoms with E-state index in [4.69, 9.17) is 14.4 Å². The molecule has 0 radical (unpaired) electrons. The average Bonchev–Trinajstić information content (AvgIpc) is 3.31. The van der Waals surface area contributed by atoms with Crippen LogP contribution in [0.15, 0.2) is 59.1 Å². The molecule has 1 aliphatic heterocycles. The topological polar surface area (TPSA) is 91.4 Å². The fourth-order valence-corrected chi connectivity index (χ4v) is 3.63. The van der Waals surface area contributed by atoms with E-state index in [1.807, 2.05) is 18.3 Å². The second-order valence-corrected chi connectivity index (χ2v) is 8.04. The number of furan rings is 1. The van der Waals surface area contributed by atoms with Gasteiger partial charge in [0.1, 0.15) is 30.0 Å². The van der Waals surface area contributed by atoms with E-state index >= 15 is 0 Å². The molecule has 1 amide bonds. The highest BCUT2D eigenvalue weighted by Crippen LogP contribution is 2.21. The predicted octanol–water partition coefficient (Wildman–Crippen LogP) is 4.29. The lowest BCUT2D eigenvalue weighted by Crippen LogP contribution is -2.33. The van der Waals surface area contributed by atoms with E-state index in [0.29, 0.717) is 23.6 Å². The molecule has 32 heavy (non-hydrogen) atoms. The monoisotopic (exact) mass is 430 g/mol. The first-order valence-electron chi connectivity index (χ1n) is 10.8. The number of amides is 1. The molecule has 0 atom stereocenters. The first kappa shape index (κ1) is 21.4. The lowest BCUT2D eigenvalue weighted by molar-refractivity contribution is 0.0919. The van der Waals surface area contributed by atoms with E-state index in [-0.39, 0.29) is 18.3 Å². The van der Waals surface area contributed by atoms with Gasteiger partial charge in [-0.25, -0.2) is 4.98 Å². The lowest BCUT2D eigenvalue weighted by Gasteiger charge is -2.31. The Labute approximate surface area is 187 Å². The van der Waals surface area contributed by atoms with Crippen LogP contribution >= 0.6 is 0 Å². The summed E-state index contributed by atoms with van der Waals surface area (Å²) < 4.78 is 11.2. The minimum atomic E-state index is -0.303. The second kappa shape index (κ2) is 10.0. The van der Waals surface area contributed by atoms with Gasteiger partial charge in [-0.2, -0.15) is 5.26 Å². The number of hydrogen-bond acceptors (Lipinski definition) is 6. The molecule has 0 saturated carbocycles. The summed E-state index contributed by atoms with van der Waals surface area (Å²) in [5.74, 6) is 2.66. The highest BCUT2D eigenvalue weighted by molar-refractivity contribution is 5.91. The van der Waals surface area contributed by atoms with Crippen LogP contribution in [0.3, 0.4) is 0 Å². The van der Waals surface area contributed by atoms with Crippen LogP contribution in [0.1, 0.15) is 47.2 Å². The van der Waals surface area contributed by atoms with Crippen molar-refractivity contribution in [3.63, 3.8) is 0 Å². The van der Waals surface area contributed by atoms with Crippen molar-refractivity contribution in [2.75, 3.05) is 18.0 Å². The number of para-hydroxylation sites is 1. The Hall–Kier alpha value is -3.79. The number of benzene rings is 1. The number of piperidine rings is 1. The van der Waals surface area contributed by atoms with Crippen LogP contribution in [0, 0.1) is 17.2 Å². The van der Waals surface area contributed by atoms with Gasteiger partial charge in [-0.1, -0.05) is 25.1 Å². The summed E-state index contributed by atoms with van der Waals surface area (Å²) >= 11 is 0. The van der Waals surface area contributed by atoms with Gasteiger partial charge in [0, 0.05) is 25.8 Å². The fourth-order valence-electron chi connectivity index (χ4n) is 3.63. The van der Waals surface area contributed by atoms with Gasteiger partial charge in [-0.05, 0) is 54.7 Å². The number of aromatic nitrogens is 1. The van der Waals surface area contributed by atoms with Crippen molar-refractivity contribution in [2.24, 2.45) is 5.92 Å². The Balaban J connectivity index is 1.27. The summed E-state index contributed by atoms with van der Waals surface area (Å²) in [6, 6.07) is 16.4. The molecular weight excluding hydrogens is 404 g/mol. The molecule has 1 aliphatic rings. The van der Waals surface area contributed by atoms with E-state index in [1.165, 1.54) is 12.8 Å². The van der Waals surface area contributed by atoms with Crippen LogP contribution in [-0.2, 0) is 13.2 Å². The number of rotatable bonds is 7. The van der Waals surface area contributed by atoms with E-state index < -0.39 is 0 Å². The Morgan fingerprint density at radius 3 is 2.78 bits per heavy atom. The Kier molecular flexibility index (Phi) is 6.71. The zero-order chi connectivity index (χ0) is 22.3. The molecule has 7 nitrogen and oxygen atoms in total. The molecule has 0 aliphatic carbocycles. The van der Waals surface area contributed by atoms with Gasteiger partial charge in [-0.3, -0.25) is 4.79 Å². The van der Waals surface area contributed by atoms with Crippen LogP contribution in [0.5, 0.6) is 5.75 Å². The molecule has 2 aromatic heterocycles. The number of nitriles is 1. The molecule has 3 aromatic rings. The maximum absolute atomic E-state index is 12.4. The van der Waals surface area contributed by atoms with Crippen molar-refractivity contribution in [1.29, 1.82) is 5.26 Å². The maximum Gasteiger partial charge on any atom is 0.287 e. The van der Waals surface area contributed by atoms with Crippen molar-refractivity contribution in [3.8, 4) is 11.8 Å². The number of anilines is 1. The number of ether oxygens (including phenoxy) is 1. The molecular formula is C25H26N4O3. The summed E-state index contributed by atoms with van der Waals surface area (Å²) in [7, 11) is 0. The van der Waals surface area contributed by atoms with Gasteiger partial charge in [0.15, 0.2) is 5.76 Å². The van der Waals surface area contributed by atoms with Crippen LogP contribution in [-0.4, -0.2) is 24.0 Å². The molecule has 7 heteroatoms. The zero-order valence-electron chi connectivity index (χ0n) is 18.1. The fraction of sp³-hybridized carbons (Fsp3) is 0.320. The highest BCUT2D eigenvalue weighted by atomic mass is 16.5. The third-order valence-electron chi connectivity index (χ3n) is 5.63. The van der Waals surface area contributed by atoms with Gasteiger partial charge >= 0.3 is 0 Å². The molecule has 1 N–H and O–H groups in total. The van der Waals surface area contributed by atoms with Crippen LogP contribution in [0.2, 0.25) is 0 Å². The van der Waals surface area contributed by atoms with Crippen LogP contribution < -0.4 is 15.0 Å². The summed E-state index contributed by atoms with van der Waals surface area (Å²) in [4.78, 5) is 19.3. The molecule has 164 valence electrons. The van der Waals surface area contributed by atoms with Crippen LogP contribution in [0.4, 0.5) is 5.82 Å². The summed E-state index contributed by atoms with van der Waals surface area (Å²) in [6.07, 6.45) is 4.20. The summed E-state index contributed by atoms with van der Waals surface area (Å²) in [5.41, 5.74) is 1.38. The summed E-state index contributed by atoms with van der Waals surface area (Å²) in [5, 5.41) is 12.0. The van der Waals surface area contributed by atoms with E-state index in [0.717, 1.165) is 30.4 Å². The van der Waals surface area contributed by atoms with Gasteiger partial charge in [0.2, 0.25) is 0 Å². The largest absolute Gasteiger partial charge is 0.484 e. The van der Waals surface area contributed by atoms with Gasteiger partial charge < -0.3 is 19.4 Å². The number of nitrogens with one attached hydrogen (secondary N) is 1.